The number of hydrogen-bond donors (Lipinski definition) is 1. The lowest BCUT2D eigenvalue weighted by Crippen LogP contribution is -2.42. The van der Waals surface area contributed by atoms with Gasteiger partial charge in [-0.25, -0.2) is 0 Å². The quantitative estimate of drug-likeness (QED) is 0.861. The van der Waals surface area contributed by atoms with Crippen molar-refractivity contribution in [3.63, 3.8) is 0 Å². The molecule has 4 heteroatoms. The van der Waals surface area contributed by atoms with Crippen molar-refractivity contribution >= 4 is 0 Å². The van der Waals surface area contributed by atoms with Crippen LogP contribution < -0.4 is 0 Å². The van der Waals surface area contributed by atoms with E-state index < -0.39 is 5.60 Å². The number of ether oxygens (including phenoxy) is 1. The molecule has 1 N–H and O–H groups in total. The Hall–Kier alpha value is -1.10. The lowest BCUT2D eigenvalue weighted by molar-refractivity contribution is -0.0422. The summed E-state index contributed by atoms with van der Waals surface area (Å²) in [7, 11) is 0. The first-order valence-corrected chi connectivity index (χ1v) is 9.12. The van der Waals surface area contributed by atoms with Crippen molar-refractivity contribution in [2.45, 2.75) is 43.7 Å². The van der Waals surface area contributed by atoms with Gasteiger partial charge in [0.05, 0.1) is 11.6 Å². The average molecular weight is 316 g/mol. The lowest BCUT2D eigenvalue weighted by atomic mass is 9.79. The Bertz CT molecular complexity index is 525. The monoisotopic (exact) mass is 316 g/mol. The van der Waals surface area contributed by atoms with Gasteiger partial charge < -0.3 is 19.6 Å². The van der Waals surface area contributed by atoms with Crippen molar-refractivity contribution < 1.29 is 9.84 Å². The molecular formula is C19H28N2O2. The fraction of sp³-hybridized carbons (Fsp3) is 0.684. The summed E-state index contributed by atoms with van der Waals surface area (Å²) in [6.07, 6.45) is 14.0. The molecule has 0 amide bonds. The van der Waals surface area contributed by atoms with Crippen molar-refractivity contribution in [1.29, 1.82) is 0 Å². The van der Waals surface area contributed by atoms with Crippen LogP contribution in [-0.2, 0) is 4.74 Å². The van der Waals surface area contributed by atoms with Gasteiger partial charge in [0.25, 0.3) is 0 Å². The van der Waals surface area contributed by atoms with Gasteiger partial charge in [-0.1, -0.05) is 12.2 Å². The van der Waals surface area contributed by atoms with E-state index in [4.69, 9.17) is 4.74 Å². The number of aliphatic hydroxyl groups is 1. The molecule has 3 aliphatic heterocycles. The molecule has 23 heavy (non-hydrogen) atoms. The molecule has 0 bridgehead atoms. The summed E-state index contributed by atoms with van der Waals surface area (Å²) in [4.78, 5) is 5.04. The highest BCUT2D eigenvalue weighted by Gasteiger charge is 2.38. The summed E-state index contributed by atoms with van der Waals surface area (Å²) in [5.41, 5.74) is 1.94. The Kier molecular flexibility index (Phi) is 4.31. The highest BCUT2D eigenvalue weighted by Crippen LogP contribution is 2.38. The first-order valence-electron chi connectivity index (χ1n) is 9.12. The van der Waals surface area contributed by atoms with E-state index in [9.17, 15) is 5.11 Å². The zero-order valence-electron chi connectivity index (χ0n) is 13.9. The third kappa shape index (κ3) is 3.12. The van der Waals surface area contributed by atoms with Gasteiger partial charge in [0.15, 0.2) is 0 Å². The summed E-state index contributed by atoms with van der Waals surface area (Å²) >= 11 is 0. The standard InChI is InChI=1S/C19H28N2O2/c22-19(6-13-23-14-7-19)17-4-3-16-5-10-21(18(16)15-17)12-11-20-8-1-2-9-20/h3-5,10,18,22H,1-2,6-9,11-15H2. The zero-order valence-corrected chi connectivity index (χ0v) is 13.9. The Labute approximate surface area is 139 Å². The van der Waals surface area contributed by atoms with Crippen LogP contribution in [0.4, 0.5) is 0 Å². The number of rotatable bonds is 4. The van der Waals surface area contributed by atoms with E-state index in [2.05, 4.69) is 34.2 Å². The van der Waals surface area contributed by atoms with Crippen LogP contribution in [0.25, 0.3) is 0 Å². The number of allylic oxidation sites excluding steroid dienone is 2. The molecular weight excluding hydrogens is 288 g/mol. The molecule has 2 saturated heterocycles. The minimum absolute atomic E-state index is 0.421. The SMILES string of the molecule is OC1(C2=CC=C3C=CN(CCN4CCCC4)C3C2)CCOCC1. The average Bonchev–Trinajstić information content (AvgIpc) is 3.22. The maximum atomic E-state index is 11.0. The van der Waals surface area contributed by atoms with E-state index >= 15 is 0 Å². The van der Waals surface area contributed by atoms with E-state index in [0.29, 0.717) is 19.3 Å². The Morgan fingerprint density at radius 1 is 1.13 bits per heavy atom. The Morgan fingerprint density at radius 3 is 2.70 bits per heavy atom. The minimum Gasteiger partial charge on any atom is -0.385 e. The Morgan fingerprint density at radius 2 is 1.91 bits per heavy atom. The van der Waals surface area contributed by atoms with Crippen molar-refractivity contribution in [2.24, 2.45) is 0 Å². The molecule has 1 atom stereocenters. The second-order valence-corrected chi connectivity index (χ2v) is 7.32. The van der Waals surface area contributed by atoms with Crippen LogP contribution in [0.2, 0.25) is 0 Å². The Balaban J connectivity index is 1.40. The smallest absolute Gasteiger partial charge is 0.0904 e. The van der Waals surface area contributed by atoms with Crippen LogP contribution in [0.3, 0.4) is 0 Å². The summed E-state index contributed by atoms with van der Waals surface area (Å²) < 4.78 is 5.43. The summed E-state index contributed by atoms with van der Waals surface area (Å²) in [5.74, 6) is 0. The van der Waals surface area contributed by atoms with E-state index in [-0.39, 0.29) is 0 Å². The number of likely N-dealkylation sites (tertiary alicyclic amines) is 1. The molecule has 0 radical (unpaired) electrons. The molecule has 0 aromatic rings. The van der Waals surface area contributed by atoms with Crippen molar-refractivity contribution in [3.8, 4) is 0 Å². The van der Waals surface area contributed by atoms with Gasteiger partial charge in [0.2, 0.25) is 0 Å². The molecule has 1 aliphatic carbocycles. The van der Waals surface area contributed by atoms with Gasteiger partial charge >= 0.3 is 0 Å². The van der Waals surface area contributed by atoms with Gasteiger partial charge in [-0.2, -0.15) is 0 Å². The molecule has 0 spiro atoms. The van der Waals surface area contributed by atoms with Crippen LogP contribution in [0, 0.1) is 0 Å². The van der Waals surface area contributed by atoms with E-state index in [1.165, 1.54) is 37.1 Å². The largest absolute Gasteiger partial charge is 0.385 e. The highest BCUT2D eigenvalue weighted by molar-refractivity contribution is 5.42. The maximum Gasteiger partial charge on any atom is 0.0904 e. The molecule has 4 aliphatic rings. The van der Waals surface area contributed by atoms with Crippen LogP contribution in [-0.4, -0.2) is 65.9 Å². The summed E-state index contributed by atoms with van der Waals surface area (Å²) in [6.45, 7) is 6.11. The second kappa shape index (κ2) is 6.42. The fourth-order valence-electron chi connectivity index (χ4n) is 4.33. The molecule has 4 rings (SSSR count). The van der Waals surface area contributed by atoms with Gasteiger partial charge in [-0.05, 0) is 49.6 Å². The summed E-state index contributed by atoms with van der Waals surface area (Å²) in [6, 6.07) is 0.421. The third-order valence-electron chi connectivity index (χ3n) is 5.92. The van der Waals surface area contributed by atoms with E-state index in [0.717, 1.165) is 32.4 Å². The molecule has 2 fully saturated rings. The normalized spacial score (nSPS) is 30.3. The molecule has 0 aromatic carbocycles. The molecule has 3 heterocycles. The van der Waals surface area contributed by atoms with Crippen LogP contribution in [0.15, 0.2) is 35.6 Å². The minimum atomic E-state index is -0.649. The van der Waals surface area contributed by atoms with Crippen molar-refractivity contribution in [1.82, 2.24) is 9.80 Å². The lowest BCUT2D eigenvalue weighted by Gasteiger charge is -2.39. The second-order valence-electron chi connectivity index (χ2n) is 7.32. The van der Waals surface area contributed by atoms with Crippen LogP contribution in [0.1, 0.15) is 32.1 Å². The predicted molar refractivity (Wildman–Crippen MR) is 91.1 cm³/mol. The predicted octanol–water partition coefficient (Wildman–Crippen LogP) is 2.08. The molecule has 1 unspecified atom stereocenters. The molecule has 0 aromatic heterocycles. The van der Waals surface area contributed by atoms with Gasteiger partial charge in [-0.15, -0.1) is 0 Å². The van der Waals surface area contributed by atoms with Gasteiger partial charge in [-0.3, -0.25) is 0 Å². The summed E-state index contributed by atoms with van der Waals surface area (Å²) in [5, 5.41) is 11.0. The zero-order chi connectivity index (χ0) is 15.7. The maximum absolute atomic E-state index is 11.0. The van der Waals surface area contributed by atoms with Gasteiger partial charge in [0, 0.05) is 45.3 Å². The molecule has 0 saturated carbocycles. The first-order chi connectivity index (χ1) is 11.2. The third-order valence-corrected chi connectivity index (χ3v) is 5.92. The van der Waals surface area contributed by atoms with Gasteiger partial charge in [0.1, 0.15) is 0 Å². The van der Waals surface area contributed by atoms with Crippen LogP contribution in [0.5, 0.6) is 0 Å². The molecule has 4 nitrogen and oxygen atoms in total. The van der Waals surface area contributed by atoms with Crippen molar-refractivity contribution in [3.05, 3.63) is 35.6 Å². The molecule has 126 valence electrons. The van der Waals surface area contributed by atoms with Crippen LogP contribution >= 0.6 is 0 Å². The topological polar surface area (TPSA) is 35.9 Å². The first kappa shape index (κ1) is 15.4. The fourth-order valence-corrected chi connectivity index (χ4v) is 4.33. The van der Waals surface area contributed by atoms with Crippen molar-refractivity contribution in [2.75, 3.05) is 39.4 Å². The number of fused-ring (bicyclic) bond motifs is 1. The number of hydrogen-bond acceptors (Lipinski definition) is 4. The highest BCUT2D eigenvalue weighted by atomic mass is 16.5. The van der Waals surface area contributed by atoms with E-state index in [1.807, 2.05) is 0 Å². The number of nitrogens with zero attached hydrogens (tertiary/aromatic N) is 2. The van der Waals surface area contributed by atoms with E-state index in [1.54, 1.807) is 0 Å².